The Morgan fingerprint density at radius 2 is 1.20 bits per heavy atom. The van der Waals surface area contributed by atoms with Gasteiger partial charge in [0.2, 0.25) is 29.5 Å². The van der Waals surface area contributed by atoms with E-state index in [1.54, 1.807) is 6.26 Å². The van der Waals surface area contributed by atoms with E-state index >= 15 is 0 Å². The lowest BCUT2D eigenvalue weighted by atomic mass is 10.0. The fourth-order valence-corrected chi connectivity index (χ4v) is 4.22. The van der Waals surface area contributed by atoms with Gasteiger partial charge in [-0.15, -0.1) is 0 Å². The minimum Gasteiger partial charge on any atom is -0.448 e. The Morgan fingerprint density at radius 1 is 0.650 bits per heavy atom. The number of amides is 1. The lowest BCUT2D eigenvalue weighted by Crippen LogP contribution is -2.32. The van der Waals surface area contributed by atoms with Crippen LogP contribution in [0.1, 0.15) is 54.3 Å². The fraction of sp³-hybridized carbons (Fsp3) is 0.269. The van der Waals surface area contributed by atoms with Gasteiger partial charge in [-0.1, -0.05) is 13.8 Å². The summed E-state index contributed by atoms with van der Waals surface area (Å²) < 4.78 is 33.6. The summed E-state index contributed by atoms with van der Waals surface area (Å²) in [6, 6.07) is -0.573. The zero-order valence-electron chi connectivity index (χ0n) is 21.3. The van der Waals surface area contributed by atoms with Gasteiger partial charge in [0.25, 0.3) is 5.91 Å². The Labute approximate surface area is 224 Å². The van der Waals surface area contributed by atoms with Crippen LogP contribution in [0.25, 0.3) is 46.3 Å². The first-order valence-corrected chi connectivity index (χ1v) is 12.5. The summed E-state index contributed by atoms with van der Waals surface area (Å²) in [5.41, 5.74) is 2.31. The molecule has 1 N–H and O–H groups in total. The molecular weight excluding hydrogens is 522 g/mol. The number of aromatic nitrogens is 6. The molecule has 0 fully saturated rings. The monoisotopic (exact) mass is 543 g/mol. The number of nitrogens with one attached hydrogen (secondary N) is 1. The van der Waals surface area contributed by atoms with Gasteiger partial charge >= 0.3 is 0 Å². The van der Waals surface area contributed by atoms with E-state index in [1.807, 2.05) is 13.8 Å². The third kappa shape index (κ3) is 4.38. The van der Waals surface area contributed by atoms with Crippen LogP contribution in [0.3, 0.4) is 0 Å². The quantitative estimate of drug-likeness (QED) is 0.295. The number of oxazole rings is 6. The van der Waals surface area contributed by atoms with E-state index in [2.05, 4.69) is 35.2 Å². The van der Waals surface area contributed by atoms with Crippen LogP contribution in [-0.4, -0.2) is 35.8 Å². The summed E-state index contributed by atoms with van der Waals surface area (Å²) in [6.45, 7) is 3.85. The molecular formula is C26H21N7O7. The number of carbonyl (C=O) groups is 1. The molecule has 0 unspecified atom stereocenters. The summed E-state index contributed by atoms with van der Waals surface area (Å²) in [5, 5.41) is 2.90. The van der Waals surface area contributed by atoms with Crippen molar-refractivity contribution in [1.29, 1.82) is 0 Å². The van der Waals surface area contributed by atoms with E-state index in [-0.39, 0.29) is 35.2 Å². The lowest BCUT2D eigenvalue weighted by Gasteiger charge is -2.18. The normalized spacial score (nSPS) is 15.7. The van der Waals surface area contributed by atoms with Gasteiger partial charge in [-0.25, -0.2) is 29.9 Å². The molecule has 7 heterocycles. The maximum absolute atomic E-state index is 13.1. The van der Waals surface area contributed by atoms with Crippen LogP contribution in [0.4, 0.5) is 0 Å². The first-order chi connectivity index (χ1) is 19.5. The van der Waals surface area contributed by atoms with Crippen molar-refractivity contribution in [3.8, 4) is 46.3 Å². The molecule has 40 heavy (non-hydrogen) atoms. The minimum atomic E-state index is -0.573. The second kappa shape index (κ2) is 9.48. The molecule has 14 nitrogen and oxygen atoms in total. The molecule has 1 amide bonds. The minimum absolute atomic E-state index is 0.0535. The van der Waals surface area contributed by atoms with Gasteiger partial charge in [0.15, 0.2) is 34.4 Å². The predicted octanol–water partition coefficient (Wildman–Crippen LogP) is 4.90. The third-order valence-corrected chi connectivity index (χ3v) is 6.29. The molecule has 12 bridgehead atoms. The van der Waals surface area contributed by atoms with Crippen LogP contribution in [0.2, 0.25) is 0 Å². The van der Waals surface area contributed by atoms with Crippen molar-refractivity contribution in [2.75, 3.05) is 0 Å². The van der Waals surface area contributed by atoms with Gasteiger partial charge in [0.1, 0.15) is 43.6 Å². The molecule has 14 heteroatoms. The molecule has 0 radical (unpaired) electrons. The molecule has 1 aliphatic rings. The lowest BCUT2D eigenvalue weighted by molar-refractivity contribution is 0.0911. The van der Waals surface area contributed by atoms with Crippen LogP contribution in [0, 0.1) is 5.92 Å². The van der Waals surface area contributed by atoms with Gasteiger partial charge in [-0.05, 0) is 18.8 Å². The molecule has 0 aromatic carbocycles. The summed E-state index contributed by atoms with van der Waals surface area (Å²) in [7, 11) is 0. The highest BCUT2D eigenvalue weighted by Crippen LogP contribution is 2.29. The number of aryl methyl sites for hydroxylation is 2. The number of hydrogen-bond acceptors (Lipinski definition) is 13. The van der Waals surface area contributed by atoms with E-state index < -0.39 is 11.9 Å². The number of nitrogens with zero attached hydrogens (tertiary/aromatic N) is 6. The van der Waals surface area contributed by atoms with Crippen LogP contribution >= 0.6 is 0 Å². The standard InChI is InChI=1S/C26H21N7O7/c1-12(2)20-26-32-18(11-40-26)25-30-16(9-39-25)22-27-13(6-36-22)4-3-5-19-28-15(8-35-19)23-31-17(10-38-23)24-29-14(7-37-24)21(34)33-20/h6-12,20H,3-5H2,1-2H3,(H,33,34)/t20-/m0/s1. The summed E-state index contributed by atoms with van der Waals surface area (Å²) in [4.78, 5) is 39.7. The zero-order chi connectivity index (χ0) is 27.2. The Morgan fingerprint density at radius 3 is 1.93 bits per heavy atom. The van der Waals surface area contributed by atoms with E-state index in [4.69, 9.17) is 26.5 Å². The van der Waals surface area contributed by atoms with Crippen LogP contribution < -0.4 is 5.32 Å². The van der Waals surface area contributed by atoms with E-state index in [0.29, 0.717) is 53.8 Å². The van der Waals surface area contributed by atoms with Crippen molar-refractivity contribution in [3.63, 3.8) is 0 Å². The summed E-state index contributed by atoms with van der Waals surface area (Å²) >= 11 is 0. The highest BCUT2D eigenvalue weighted by atomic mass is 16.4. The molecule has 0 spiro atoms. The average molecular weight is 543 g/mol. The van der Waals surface area contributed by atoms with Crippen molar-refractivity contribution >= 4 is 5.91 Å². The molecule has 0 saturated heterocycles. The Balaban J connectivity index is 1.24. The van der Waals surface area contributed by atoms with E-state index in [9.17, 15) is 4.79 Å². The number of hydrogen-bond donors (Lipinski definition) is 1. The van der Waals surface area contributed by atoms with Gasteiger partial charge in [-0.3, -0.25) is 4.79 Å². The van der Waals surface area contributed by atoms with Crippen molar-refractivity contribution in [2.45, 2.75) is 39.2 Å². The second-order valence-electron chi connectivity index (χ2n) is 9.50. The van der Waals surface area contributed by atoms with Crippen molar-refractivity contribution in [1.82, 2.24) is 35.2 Å². The maximum Gasteiger partial charge on any atom is 0.273 e. The van der Waals surface area contributed by atoms with Gasteiger partial charge in [-0.2, -0.15) is 0 Å². The Hall–Kier alpha value is -5.27. The molecule has 7 rings (SSSR count). The molecule has 202 valence electrons. The van der Waals surface area contributed by atoms with Gasteiger partial charge < -0.3 is 31.8 Å². The maximum atomic E-state index is 13.1. The van der Waals surface area contributed by atoms with E-state index in [1.165, 1.54) is 31.3 Å². The molecule has 0 aliphatic carbocycles. The number of carbonyl (C=O) groups excluding carboxylic acids is 1. The topological polar surface area (TPSA) is 185 Å². The van der Waals surface area contributed by atoms with Crippen LogP contribution in [-0.2, 0) is 12.8 Å². The zero-order valence-corrected chi connectivity index (χ0v) is 21.3. The van der Waals surface area contributed by atoms with Gasteiger partial charge in [0, 0.05) is 6.42 Å². The largest absolute Gasteiger partial charge is 0.448 e. The highest BCUT2D eigenvalue weighted by Gasteiger charge is 2.27. The molecule has 6 aromatic rings. The molecule has 1 aliphatic heterocycles. The Kier molecular flexibility index (Phi) is 5.65. The average Bonchev–Trinajstić information content (AvgIpc) is 3.76. The van der Waals surface area contributed by atoms with Crippen molar-refractivity contribution in [3.05, 3.63) is 60.7 Å². The SMILES string of the molecule is CC(C)[C@@H]1NC(=O)c2coc(n2)-c2coc(n2)-c2coc(n2)CCCc2coc(n2)-c2coc(n2)-c2coc1n2. The Bertz CT molecular complexity index is 1800. The molecule has 0 saturated carbocycles. The van der Waals surface area contributed by atoms with Gasteiger partial charge in [0.05, 0.1) is 5.69 Å². The third-order valence-electron chi connectivity index (χ3n) is 6.29. The number of fused-ring (bicyclic) bond motifs is 16. The fourth-order valence-electron chi connectivity index (χ4n) is 4.22. The van der Waals surface area contributed by atoms with E-state index in [0.717, 1.165) is 5.69 Å². The number of rotatable bonds is 1. The van der Waals surface area contributed by atoms with Crippen LogP contribution in [0.15, 0.2) is 64.1 Å². The highest BCUT2D eigenvalue weighted by molar-refractivity contribution is 5.92. The van der Waals surface area contributed by atoms with Crippen molar-refractivity contribution in [2.24, 2.45) is 5.92 Å². The summed E-state index contributed by atoms with van der Waals surface area (Å²) in [6.07, 6.45) is 10.4. The molecule has 6 aromatic heterocycles. The first kappa shape index (κ1) is 23.8. The second-order valence-corrected chi connectivity index (χ2v) is 9.50. The van der Waals surface area contributed by atoms with Crippen molar-refractivity contribution < 1.29 is 31.3 Å². The first-order valence-electron chi connectivity index (χ1n) is 12.5. The predicted molar refractivity (Wildman–Crippen MR) is 132 cm³/mol. The molecule has 1 atom stereocenters. The summed E-state index contributed by atoms with van der Waals surface area (Å²) in [5.74, 6) is 1.14. The van der Waals surface area contributed by atoms with Crippen LogP contribution in [0.5, 0.6) is 0 Å². The smallest absolute Gasteiger partial charge is 0.273 e.